The van der Waals surface area contributed by atoms with Crippen LogP contribution < -0.4 is 5.32 Å². The Hall–Kier alpha value is -3.12. The van der Waals surface area contributed by atoms with Gasteiger partial charge in [-0.15, -0.1) is 0 Å². The van der Waals surface area contributed by atoms with Crippen LogP contribution in [0.2, 0.25) is 5.02 Å². The minimum absolute atomic E-state index is 0.0468. The summed E-state index contributed by atoms with van der Waals surface area (Å²) in [5.41, 5.74) is 1.27. The Morgan fingerprint density at radius 2 is 2.04 bits per heavy atom. The van der Waals surface area contributed by atoms with E-state index in [-0.39, 0.29) is 11.1 Å². The molecule has 0 aliphatic rings. The second-order valence-corrected chi connectivity index (χ2v) is 6.50. The fourth-order valence-corrected chi connectivity index (χ4v) is 2.72. The zero-order valence-corrected chi connectivity index (χ0v) is 15.7. The van der Waals surface area contributed by atoms with Crippen LogP contribution in [0.1, 0.15) is 24.3 Å². The quantitative estimate of drug-likeness (QED) is 0.482. The molecule has 0 spiro atoms. The van der Waals surface area contributed by atoms with Crippen molar-refractivity contribution < 1.29 is 23.1 Å². The third-order valence-electron chi connectivity index (χ3n) is 3.95. The maximum absolute atomic E-state index is 13.1. The first-order valence-electron chi connectivity index (χ1n) is 8.50. The molecule has 0 saturated carbocycles. The number of nitrogens with one attached hydrogen (secondary N) is 1. The summed E-state index contributed by atoms with van der Waals surface area (Å²) in [5.74, 6) is -1.10. The van der Waals surface area contributed by atoms with E-state index in [2.05, 4.69) is 5.32 Å². The molecule has 0 aliphatic carbocycles. The SMILES string of the molecule is C[C@@H](NC(=O)COC(=O)/C=C/c1ccc(F)c(Cl)c1)c1cc2ccccc2o1. The Morgan fingerprint density at radius 3 is 2.79 bits per heavy atom. The summed E-state index contributed by atoms with van der Waals surface area (Å²) in [4.78, 5) is 23.7. The Balaban J connectivity index is 1.49. The second-order valence-electron chi connectivity index (χ2n) is 6.09. The number of fused-ring (bicyclic) bond motifs is 1. The second kappa shape index (κ2) is 8.71. The zero-order chi connectivity index (χ0) is 20.1. The van der Waals surface area contributed by atoms with Crippen molar-refractivity contribution in [2.24, 2.45) is 0 Å². The summed E-state index contributed by atoms with van der Waals surface area (Å²) in [7, 11) is 0. The fraction of sp³-hybridized carbons (Fsp3) is 0.143. The highest BCUT2D eigenvalue weighted by Gasteiger charge is 2.15. The summed E-state index contributed by atoms with van der Waals surface area (Å²) in [6.07, 6.45) is 2.56. The largest absolute Gasteiger partial charge is 0.459 e. The van der Waals surface area contributed by atoms with Gasteiger partial charge in [0.2, 0.25) is 0 Å². The molecule has 3 rings (SSSR count). The topological polar surface area (TPSA) is 68.5 Å². The van der Waals surface area contributed by atoms with Crippen LogP contribution in [0.4, 0.5) is 4.39 Å². The fourth-order valence-electron chi connectivity index (χ4n) is 2.54. The third kappa shape index (κ3) is 4.98. The molecule has 0 fully saturated rings. The Bertz CT molecular complexity index is 1010. The van der Waals surface area contributed by atoms with Crippen LogP contribution in [0.5, 0.6) is 0 Å². The van der Waals surface area contributed by atoms with Gasteiger partial charge in [-0.25, -0.2) is 9.18 Å². The molecule has 1 amide bonds. The first kappa shape index (κ1) is 19.6. The number of rotatable bonds is 6. The number of ether oxygens (including phenoxy) is 1. The van der Waals surface area contributed by atoms with Crippen LogP contribution in [0, 0.1) is 5.82 Å². The van der Waals surface area contributed by atoms with E-state index in [1.807, 2.05) is 30.3 Å². The minimum Gasteiger partial charge on any atom is -0.459 e. The lowest BCUT2D eigenvalue weighted by Crippen LogP contribution is -2.30. The van der Waals surface area contributed by atoms with E-state index < -0.39 is 24.3 Å². The van der Waals surface area contributed by atoms with Gasteiger partial charge < -0.3 is 14.5 Å². The maximum Gasteiger partial charge on any atom is 0.331 e. The number of furan rings is 1. The normalized spacial score (nSPS) is 12.2. The van der Waals surface area contributed by atoms with E-state index >= 15 is 0 Å². The molecule has 2 aromatic carbocycles. The van der Waals surface area contributed by atoms with Crippen molar-refractivity contribution in [2.75, 3.05) is 6.61 Å². The maximum atomic E-state index is 13.1. The van der Waals surface area contributed by atoms with Gasteiger partial charge in [-0.05, 0) is 42.8 Å². The van der Waals surface area contributed by atoms with Crippen molar-refractivity contribution in [3.63, 3.8) is 0 Å². The molecule has 7 heteroatoms. The summed E-state index contributed by atoms with van der Waals surface area (Å²) >= 11 is 5.67. The standard InChI is InChI=1S/C21H17ClFNO4/c1-13(19-11-15-4-2-3-5-18(15)28-19)24-20(25)12-27-21(26)9-7-14-6-8-17(23)16(22)10-14/h2-11,13H,12H2,1H3,(H,24,25)/b9-7+/t13-/m1/s1. The van der Waals surface area contributed by atoms with Gasteiger partial charge in [0.05, 0.1) is 11.1 Å². The van der Waals surface area contributed by atoms with Crippen LogP contribution in [0.3, 0.4) is 0 Å². The summed E-state index contributed by atoms with van der Waals surface area (Å²) in [6.45, 7) is 1.34. The molecule has 0 radical (unpaired) electrons. The first-order valence-corrected chi connectivity index (χ1v) is 8.88. The van der Waals surface area contributed by atoms with Crippen LogP contribution in [-0.4, -0.2) is 18.5 Å². The van der Waals surface area contributed by atoms with Gasteiger partial charge >= 0.3 is 5.97 Å². The zero-order valence-electron chi connectivity index (χ0n) is 14.9. The van der Waals surface area contributed by atoms with Crippen molar-refractivity contribution in [1.82, 2.24) is 5.32 Å². The predicted molar refractivity (Wildman–Crippen MR) is 104 cm³/mol. The first-order chi connectivity index (χ1) is 13.4. The van der Waals surface area contributed by atoms with Crippen LogP contribution in [0.15, 0.2) is 59.0 Å². The van der Waals surface area contributed by atoms with E-state index in [1.165, 1.54) is 24.3 Å². The average Bonchev–Trinajstić information content (AvgIpc) is 3.12. The molecule has 0 unspecified atom stereocenters. The van der Waals surface area contributed by atoms with Crippen LogP contribution in [0.25, 0.3) is 17.0 Å². The number of para-hydroxylation sites is 1. The van der Waals surface area contributed by atoms with Crippen LogP contribution >= 0.6 is 11.6 Å². The Labute approximate surface area is 165 Å². The van der Waals surface area contributed by atoms with Gasteiger partial charge in [0.15, 0.2) is 6.61 Å². The van der Waals surface area contributed by atoms with Gasteiger partial charge in [-0.2, -0.15) is 0 Å². The third-order valence-corrected chi connectivity index (χ3v) is 4.24. The highest BCUT2D eigenvalue weighted by molar-refractivity contribution is 6.30. The Morgan fingerprint density at radius 1 is 1.25 bits per heavy atom. The van der Waals surface area contributed by atoms with Crippen LogP contribution in [-0.2, 0) is 14.3 Å². The van der Waals surface area contributed by atoms with Gasteiger partial charge in [0.25, 0.3) is 5.91 Å². The van der Waals surface area contributed by atoms with Gasteiger partial charge in [0, 0.05) is 11.5 Å². The molecule has 0 bridgehead atoms. The number of esters is 1. The summed E-state index contributed by atoms with van der Waals surface area (Å²) in [6, 6.07) is 13.0. The van der Waals surface area contributed by atoms with E-state index in [9.17, 15) is 14.0 Å². The number of hydrogen-bond donors (Lipinski definition) is 1. The summed E-state index contributed by atoms with van der Waals surface area (Å²) in [5, 5.41) is 3.60. The number of benzene rings is 2. The van der Waals surface area contributed by atoms with E-state index in [0.29, 0.717) is 11.3 Å². The average molecular weight is 402 g/mol. The van der Waals surface area contributed by atoms with E-state index in [0.717, 1.165) is 17.0 Å². The van der Waals surface area contributed by atoms with Crippen molar-refractivity contribution in [1.29, 1.82) is 0 Å². The molecule has 5 nitrogen and oxygen atoms in total. The molecular weight excluding hydrogens is 385 g/mol. The molecule has 1 atom stereocenters. The lowest BCUT2D eigenvalue weighted by Gasteiger charge is -2.11. The number of carbonyl (C=O) groups excluding carboxylic acids is 2. The molecule has 0 saturated heterocycles. The predicted octanol–water partition coefficient (Wildman–Crippen LogP) is 4.66. The lowest BCUT2D eigenvalue weighted by atomic mass is 10.2. The van der Waals surface area contributed by atoms with E-state index in [1.54, 1.807) is 6.92 Å². The summed E-state index contributed by atoms with van der Waals surface area (Å²) < 4.78 is 23.7. The number of hydrogen-bond acceptors (Lipinski definition) is 4. The number of carbonyl (C=O) groups is 2. The molecule has 28 heavy (non-hydrogen) atoms. The minimum atomic E-state index is -0.702. The highest BCUT2D eigenvalue weighted by Crippen LogP contribution is 2.23. The molecular formula is C21H17ClFNO4. The molecule has 1 heterocycles. The van der Waals surface area contributed by atoms with Crippen molar-refractivity contribution in [3.8, 4) is 0 Å². The van der Waals surface area contributed by atoms with Crippen molar-refractivity contribution in [3.05, 3.63) is 76.8 Å². The lowest BCUT2D eigenvalue weighted by molar-refractivity contribution is -0.144. The smallest absolute Gasteiger partial charge is 0.331 e. The van der Waals surface area contributed by atoms with Gasteiger partial charge in [-0.3, -0.25) is 4.79 Å². The van der Waals surface area contributed by atoms with Gasteiger partial charge in [0.1, 0.15) is 17.2 Å². The van der Waals surface area contributed by atoms with Crippen molar-refractivity contribution in [2.45, 2.75) is 13.0 Å². The molecule has 1 aromatic heterocycles. The molecule has 1 N–H and O–H groups in total. The monoisotopic (exact) mass is 401 g/mol. The molecule has 144 valence electrons. The number of halogens is 2. The molecule has 0 aliphatic heterocycles. The van der Waals surface area contributed by atoms with E-state index in [4.69, 9.17) is 20.8 Å². The van der Waals surface area contributed by atoms with Crippen molar-refractivity contribution >= 4 is 40.5 Å². The molecule has 3 aromatic rings. The number of amides is 1. The Kier molecular flexibility index (Phi) is 6.11. The highest BCUT2D eigenvalue weighted by atomic mass is 35.5. The van der Waals surface area contributed by atoms with Gasteiger partial charge in [-0.1, -0.05) is 35.9 Å².